The summed E-state index contributed by atoms with van der Waals surface area (Å²) < 4.78 is 53.8. The molecule has 0 aliphatic heterocycles. The molecule has 2 aromatic rings. The second kappa shape index (κ2) is 8.93. The van der Waals surface area contributed by atoms with Gasteiger partial charge in [0.2, 0.25) is 0 Å². The summed E-state index contributed by atoms with van der Waals surface area (Å²) in [5, 5.41) is 0. The molecular formula is C16H20O6S2. The van der Waals surface area contributed by atoms with Crippen molar-refractivity contribution in [2.45, 2.75) is 23.6 Å². The van der Waals surface area contributed by atoms with Gasteiger partial charge in [-0.1, -0.05) is 36.4 Å². The Labute approximate surface area is 143 Å². The van der Waals surface area contributed by atoms with E-state index in [9.17, 15) is 16.8 Å². The van der Waals surface area contributed by atoms with Gasteiger partial charge in [0, 0.05) is 0 Å². The normalized spacial score (nSPS) is 11.5. The zero-order chi connectivity index (χ0) is 18.2. The van der Waals surface area contributed by atoms with Gasteiger partial charge >= 0.3 is 0 Å². The molecule has 0 saturated heterocycles. The molecular weight excluding hydrogens is 352 g/mol. The van der Waals surface area contributed by atoms with Gasteiger partial charge in [-0.05, 0) is 37.6 Å². The Bertz CT molecular complexity index is 843. The lowest BCUT2D eigenvalue weighted by Gasteiger charge is -2.05. The van der Waals surface area contributed by atoms with E-state index in [2.05, 4.69) is 8.37 Å². The average molecular weight is 372 g/mol. The zero-order valence-corrected chi connectivity index (χ0v) is 15.3. The largest absolute Gasteiger partial charge is 0.297 e. The van der Waals surface area contributed by atoms with Crippen molar-refractivity contribution in [2.75, 3.05) is 13.7 Å². The van der Waals surface area contributed by atoms with Crippen LogP contribution in [0.25, 0.3) is 0 Å². The van der Waals surface area contributed by atoms with Crippen molar-refractivity contribution in [1.29, 1.82) is 0 Å². The summed E-state index contributed by atoms with van der Waals surface area (Å²) in [6.45, 7) is 3.55. The maximum Gasteiger partial charge on any atom is 0.297 e. The Morgan fingerprint density at radius 1 is 0.833 bits per heavy atom. The van der Waals surface area contributed by atoms with Crippen molar-refractivity contribution in [3.8, 4) is 0 Å². The highest BCUT2D eigenvalue weighted by Crippen LogP contribution is 2.16. The third-order valence-electron chi connectivity index (χ3n) is 2.89. The van der Waals surface area contributed by atoms with Crippen molar-refractivity contribution in [2.24, 2.45) is 0 Å². The molecule has 0 radical (unpaired) electrons. The molecule has 0 amide bonds. The summed E-state index contributed by atoms with van der Waals surface area (Å²) in [5.41, 5.74) is 0.705. The maximum atomic E-state index is 11.4. The lowest BCUT2D eigenvalue weighted by Crippen LogP contribution is -2.07. The summed E-state index contributed by atoms with van der Waals surface area (Å²) in [7, 11) is -5.90. The molecule has 0 heterocycles. The fraction of sp³-hybridized carbons (Fsp3) is 0.250. The number of rotatable bonds is 5. The van der Waals surface area contributed by atoms with Crippen molar-refractivity contribution in [3.05, 3.63) is 60.2 Å². The molecule has 0 fully saturated rings. The van der Waals surface area contributed by atoms with Crippen molar-refractivity contribution in [1.82, 2.24) is 0 Å². The third kappa shape index (κ3) is 5.72. The Kier molecular flexibility index (Phi) is 7.56. The second-order valence-electron chi connectivity index (χ2n) is 4.56. The molecule has 24 heavy (non-hydrogen) atoms. The molecule has 0 saturated carbocycles. The summed E-state index contributed by atoms with van der Waals surface area (Å²) >= 11 is 0. The third-order valence-corrected chi connectivity index (χ3v) is 5.72. The molecule has 0 unspecified atom stereocenters. The Hall–Kier alpha value is -1.74. The standard InChI is InChI=1S/C9H12O3S.C7H8O3S/c1-3-12-13(10,11)9-7-5-4-6-8(9)2;1-10-11(8,9)7-5-3-2-4-6-7/h4-7H,3H2,1-2H3;2-6H,1H3. The molecule has 132 valence electrons. The first-order valence-corrected chi connectivity index (χ1v) is 9.87. The Morgan fingerprint density at radius 3 is 1.88 bits per heavy atom. The smallest absolute Gasteiger partial charge is 0.270 e. The van der Waals surface area contributed by atoms with Crippen LogP contribution in [-0.2, 0) is 28.6 Å². The molecule has 0 aliphatic rings. The molecule has 0 N–H and O–H groups in total. The SMILES string of the molecule is CCOS(=O)(=O)c1ccccc1C.COS(=O)(=O)c1ccccc1. The molecule has 0 bridgehead atoms. The highest BCUT2D eigenvalue weighted by atomic mass is 32.2. The predicted octanol–water partition coefficient (Wildman–Crippen LogP) is 2.74. The van der Waals surface area contributed by atoms with E-state index in [0.29, 0.717) is 5.56 Å². The highest BCUT2D eigenvalue weighted by Gasteiger charge is 2.15. The van der Waals surface area contributed by atoms with Gasteiger partial charge in [0.1, 0.15) is 0 Å². The molecule has 0 aromatic heterocycles. The van der Waals surface area contributed by atoms with E-state index < -0.39 is 20.2 Å². The summed E-state index contributed by atoms with van der Waals surface area (Å²) in [6, 6.07) is 14.8. The van der Waals surface area contributed by atoms with Crippen LogP contribution >= 0.6 is 0 Å². The number of aryl methyl sites for hydroxylation is 1. The number of hydrogen-bond donors (Lipinski definition) is 0. The van der Waals surface area contributed by atoms with Crippen molar-refractivity contribution < 1.29 is 25.2 Å². The first-order valence-electron chi connectivity index (χ1n) is 7.05. The van der Waals surface area contributed by atoms with Gasteiger partial charge in [-0.2, -0.15) is 16.8 Å². The molecule has 0 aliphatic carbocycles. The first-order chi connectivity index (χ1) is 11.2. The van der Waals surface area contributed by atoms with Crippen molar-refractivity contribution >= 4 is 20.2 Å². The Balaban J connectivity index is 0.000000243. The Morgan fingerprint density at radius 2 is 1.38 bits per heavy atom. The lowest BCUT2D eigenvalue weighted by molar-refractivity contribution is 0.338. The van der Waals surface area contributed by atoms with Crippen LogP contribution in [0, 0.1) is 6.92 Å². The molecule has 0 atom stereocenters. The predicted molar refractivity (Wildman–Crippen MR) is 90.6 cm³/mol. The highest BCUT2D eigenvalue weighted by molar-refractivity contribution is 7.87. The van der Waals surface area contributed by atoms with E-state index in [1.807, 2.05) is 0 Å². The maximum absolute atomic E-state index is 11.4. The second-order valence-corrected chi connectivity index (χ2v) is 7.86. The summed E-state index contributed by atoms with van der Waals surface area (Å²) in [6.07, 6.45) is 0. The van der Waals surface area contributed by atoms with E-state index in [-0.39, 0.29) is 16.4 Å². The number of benzene rings is 2. The topological polar surface area (TPSA) is 86.7 Å². The van der Waals surface area contributed by atoms with E-state index in [0.717, 1.165) is 7.11 Å². The fourth-order valence-electron chi connectivity index (χ4n) is 1.74. The van der Waals surface area contributed by atoms with Crippen LogP contribution in [0.1, 0.15) is 12.5 Å². The first kappa shape index (κ1) is 20.3. The van der Waals surface area contributed by atoms with Crippen LogP contribution in [0.15, 0.2) is 64.4 Å². The quantitative estimate of drug-likeness (QED) is 0.750. The van der Waals surface area contributed by atoms with Crippen LogP contribution in [-0.4, -0.2) is 30.6 Å². The van der Waals surface area contributed by atoms with E-state index in [1.54, 1.807) is 56.3 Å². The van der Waals surface area contributed by atoms with E-state index in [1.165, 1.54) is 12.1 Å². The van der Waals surface area contributed by atoms with Crippen LogP contribution in [0.4, 0.5) is 0 Å². The zero-order valence-electron chi connectivity index (χ0n) is 13.7. The number of hydrogen-bond acceptors (Lipinski definition) is 6. The molecule has 2 aromatic carbocycles. The minimum Gasteiger partial charge on any atom is -0.270 e. The van der Waals surface area contributed by atoms with Gasteiger partial charge in [-0.3, -0.25) is 8.37 Å². The van der Waals surface area contributed by atoms with Gasteiger partial charge in [-0.15, -0.1) is 0 Å². The van der Waals surface area contributed by atoms with Gasteiger partial charge in [0.05, 0.1) is 23.5 Å². The van der Waals surface area contributed by atoms with Crippen molar-refractivity contribution in [3.63, 3.8) is 0 Å². The molecule has 0 spiro atoms. The van der Waals surface area contributed by atoms with Gasteiger partial charge in [-0.25, -0.2) is 0 Å². The van der Waals surface area contributed by atoms with Crippen LogP contribution in [0.2, 0.25) is 0 Å². The summed E-state index contributed by atoms with van der Waals surface area (Å²) in [4.78, 5) is 0.430. The molecule has 8 heteroatoms. The minimum atomic E-state index is -3.54. The van der Waals surface area contributed by atoms with Gasteiger partial charge in [0.25, 0.3) is 20.2 Å². The fourth-order valence-corrected chi connectivity index (χ4v) is 3.57. The molecule has 6 nitrogen and oxygen atoms in total. The summed E-state index contributed by atoms with van der Waals surface area (Å²) in [5.74, 6) is 0. The van der Waals surface area contributed by atoms with Gasteiger partial charge in [0.15, 0.2) is 0 Å². The average Bonchev–Trinajstić information content (AvgIpc) is 2.56. The molecule has 2 rings (SSSR count). The van der Waals surface area contributed by atoms with E-state index in [4.69, 9.17) is 0 Å². The van der Waals surface area contributed by atoms with Gasteiger partial charge < -0.3 is 0 Å². The minimum absolute atomic E-state index is 0.163. The lowest BCUT2D eigenvalue weighted by atomic mass is 10.2. The van der Waals surface area contributed by atoms with E-state index >= 15 is 0 Å². The van der Waals surface area contributed by atoms with Crippen LogP contribution in [0.5, 0.6) is 0 Å². The van der Waals surface area contributed by atoms with Crippen LogP contribution in [0.3, 0.4) is 0 Å². The van der Waals surface area contributed by atoms with Crippen LogP contribution < -0.4 is 0 Å². The monoisotopic (exact) mass is 372 g/mol.